The Kier molecular flexibility index (Phi) is 4.35. The molecule has 0 aromatic carbocycles. The number of nitrogens with one attached hydrogen (secondary N) is 1. The highest BCUT2D eigenvalue weighted by Gasteiger charge is 2.33. The number of rotatable bonds is 4. The fourth-order valence-electron chi connectivity index (χ4n) is 2.36. The van der Waals surface area contributed by atoms with Crippen molar-refractivity contribution in [1.82, 2.24) is 10.2 Å². The Labute approximate surface area is 87.8 Å². The molecule has 1 saturated heterocycles. The standard InChI is InChI=1S/C11H24N2O/c1-5-10-8-12-6-7-13(10)11(2,3)9-14-4/h10,12H,5-9H2,1-4H3. The monoisotopic (exact) mass is 200 g/mol. The van der Waals surface area contributed by atoms with E-state index in [1.54, 1.807) is 7.11 Å². The maximum Gasteiger partial charge on any atom is 0.0641 e. The van der Waals surface area contributed by atoms with Gasteiger partial charge in [0.2, 0.25) is 0 Å². The Balaban J connectivity index is 2.61. The maximum atomic E-state index is 5.29. The second-order valence-corrected chi connectivity index (χ2v) is 4.71. The van der Waals surface area contributed by atoms with Crippen LogP contribution in [0.2, 0.25) is 0 Å². The second kappa shape index (κ2) is 5.10. The molecule has 14 heavy (non-hydrogen) atoms. The normalized spacial score (nSPS) is 25.3. The van der Waals surface area contributed by atoms with Crippen molar-refractivity contribution in [1.29, 1.82) is 0 Å². The first-order valence-corrected chi connectivity index (χ1v) is 5.58. The van der Waals surface area contributed by atoms with Crippen LogP contribution in [-0.2, 0) is 4.74 Å². The SMILES string of the molecule is CCC1CNCCN1C(C)(C)COC. The molecule has 0 aliphatic carbocycles. The summed E-state index contributed by atoms with van der Waals surface area (Å²) in [5.41, 5.74) is 0.164. The van der Waals surface area contributed by atoms with Crippen LogP contribution in [0.1, 0.15) is 27.2 Å². The summed E-state index contributed by atoms with van der Waals surface area (Å²) in [6, 6.07) is 0.661. The van der Waals surface area contributed by atoms with Crippen LogP contribution in [0, 0.1) is 0 Å². The molecule has 1 rings (SSSR count). The summed E-state index contributed by atoms with van der Waals surface area (Å²) in [7, 11) is 1.78. The summed E-state index contributed by atoms with van der Waals surface area (Å²) in [6.07, 6.45) is 1.21. The van der Waals surface area contributed by atoms with E-state index in [0.29, 0.717) is 6.04 Å². The lowest BCUT2D eigenvalue weighted by atomic mass is 9.98. The molecule has 0 radical (unpaired) electrons. The zero-order chi connectivity index (χ0) is 10.6. The molecule has 1 aliphatic rings. The van der Waals surface area contributed by atoms with Crippen molar-refractivity contribution in [3.05, 3.63) is 0 Å². The molecule has 1 heterocycles. The predicted molar refractivity (Wildman–Crippen MR) is 59.6 cm³/mol. The molecule has 1 atom stereocenters. The van der Waals surface area contributed by atoms with Gasteiger partial charge in [-0.3, -0.25) is 4.90 Å². The zero-order valence-electron chi connectivity index (χ0n) is 9.97. The van der Waals surface area contributed by atoms with Crippen LogP contribution < -0.4 is 5.32 Å². The van der Waals surface area contributed by atoms with Crippen molar-refractivity contribution in [3.63, 3.8) is 0 Å². The van der Waals surface area contributed by atoms with E-state index in [2.05, 4.69) is 31.0 Å². The van der Waals surface area contributed by atoms with Crippen LogP contribution in [0.5, 0.6) is 0 Å². The fraction of sp³-hybridized carbons (Fsp3) is 1.00. The number of piperazine rings is 1. The van der Waals surface area contributed by atoms with Gasteiger partial charge in [-0.15, -0.1) is 0 Å². The third kappa shape index (κ3) is 2.69. The number of methoxy groups -OCH3 is 1. The van der Waals surface area contributed by atoms with E-state index in [4.69, 9.17) is 4.74 Å². The van der Waals surface area contributed by atoms with Gasteiger partial charge in [-0.05, 0) is 20.3 Å². The number of hydrogen-bond acceptors (Lipinski definition) is 3. The Hall–Kier alpha value is -0.120. The molecule has 1 aliphatic heterocycles. The first kappa shape index (κ1) is 12.0. The minimum atomic E-state index is 0.164. The third-order valence-electron chi connectivity index (χ3n) is 3.10. The Bertz CT molecular complexity index is 171. The molecular formula is C11H24N2O. The predicted octanol–water partition coefficient (Wildman–Crippen LogP) is 1.10. The van der Waals surface area contributed by atoms with Gasteiger partial charge in [0.05, 0.1) is 6.61 Å². The molecule has 3 heteroatoms. The highest BCUT2D eigenvalue weighted by Crippen LogP contribution is 2.20. The molecule has 1 N–H and O–H groups in total. The van der Waals surface area contributed by atoms with E-state index in [-0.39, 0.29) is 5.54 Å². The molecule has 0 aromatic rings. The van der Waals surface area contributed by atoms with Gasteiger partial charge < -0.3 is 10.1 Å². The largest absolute Gasteiger partial charge is 0.383 e. The Morgan fingerprint density at radius 3 is 2.79 bits per heavy atom. The van der Waals surface area contributed by atoms with Crippen molar-refractivity contribution in [3.8, 4) is 0 Å². The highest BCUT2D eigenvalue weighted by atomic mass is 16.5. The molecule has 1 fully saturated rings. The number of nitrogens with zero attached hydrogens (tertiary/aromatic N) is 1. The molecule has 3 nitrogen and oxygen atoms in total. The minimum Gasteiger partial charge on any atom is -0.383 e. The van der Waals surface area contributed by atoms with Gasteiger partial charge in [0.25, 0.3) is 0 Å². The zero-order valence-corrected chi connectivity index (χ0v) is 9.97. The van der Waals surface area contributed by atoms with Crippen LogP contribution in [0.4, 0.5) is 0 Å². The van der Waals surface area contributed by atoms with Gasteiger partial charge >= 0.3 is 0 Å². The van der Waals surface area contributed by atoms with Crippen LogP contribution >= 0.6 is 0 Å². The molecular weight excluding hydrogens is 176 g/mol. The van der Waals surface area contributed by atoms with Crippen molar-refractivity contribution < 1.29 is 4.74 Å². The molecule has 0 amide bonds. The Morgan fingerprint density at radius 2 is 2.21 bits per heavy atom. The summed E-state index contributed by atoms with van der Waals surface area (Å²) in [5, 5.41) is 3.45. The summed E-state index contributed by atoms with van der Waals surface area (Å²) < 4.78 is 5.29. The first-order valence-electron chi connectivity index (χ1n) is 5.58. The quantitative estimate of drug-likeness (QED) is 0.735. The smallest absolute Gasteiger partial charge is 0.0641 e. The van der Waals surface area contributed by atoms with E-state index >= 15 is 0 Å². The Morgan fingerprint density at radius 1 is 1.50 bits per heavy atom. The van der Waals surface area contributed by atoms with Crippen molar-refractivity contribution in [2.75, 3.05) is 33.4 Å². The van der Waals surface area contributed by atoms with Crippen molar-refractivity contribution in [2.24, 2.45) is 0 Å². The summed E-state index contributed by atoms with van der Waals surface area (Å²) in [6.45, 7) is 11.0. The highest BCUT2D eigenvalue weighted by molar-refractivity contribution is 4.90. The van der Waals surface area contributed by atoms with E-state index in [0.717, 1.165) is 26.2 Å². The lowest BCUT2D eigenvalue weighted by Gasteiger charge is -2.46. The van der Waals surface area contributed by atoms with E-state index in [9.17, 15) is 0 Å². The van der Waals surface area contributed by atoms with Gasteiger partial charge in [0.15, 0.2) is 0 Å². The maximum absolute atomic E-state index is 5.29. The summed E-state index contributed by atoms with van der Waals surface area (Å²) in [5.74, 6) is 0. The topological polar surface area (TPSA) is 24.5 Å². The van der Waals surface area contributed by atoms with Gasteiger partial charge in [-0.25, -0.2) is 0 Å². The van der Waals surface area contributed by atoms with Crippen LogP contribution in [0.25, 0.3) is 0 Å². The average molecular weight is 200 g/mol. The summed E-state index contributed by atoms with van der Waals surface area (Å²) >= 11 is 0. The lowest BCUT2D eigenvalue weighted by molar-refractivity contribution is -0.00658. The molecule has 0 saturated carbocycles. The molecule has 84 valence electrons. The number of hydrogen-bond donors (Lipinski definition) is 1. The van der Waals surface area contributed by atoms with Crippen LogP contribution in [0.15, 0.2) is 0 Å². The number of ether oxygens (including phenoxy) is 1. The average Bonchev–Trinajstić information content (AvgIpc) is 2.18. The van der Waals surface area contributed by atoms with Gasteiger partial charge in [-0.2, -0.15) is 0 Å². The van der Waals surface area contributed by atoms with Crippen molar-refractivity contribution >= 4 is 0 Å². The van der Waals surface area contributed by atoms with Gasteiger partial charge in [0.1, 0.15) is 0 Å². The third-order valence-corrected chi connectivity index (χ3v) is 3.10. The molecule has 0 spiro atoms. The van der Waals surface area contributed by atoms with Crippen LogP contribution in [0.3, 0.4) is 0 Å². The van der Waals surface area contributed by atoms with Gasteiger partial charge in [-0.1, -0.05) is 6.92 Å². The molecule has 1 unspecified atom stereocenters. The fourth-order valence-corrected chi connectivity index (χ4v) is 2.36. The van der Waals surface area contributed by atoms with Crippen LogP contribution in [-0.4, -0.2) is 49.8 Å². The summed E-state index contributed by atoms with van der Waals surface area (Å²) in [4.78, 5) is 2.58. The van der Waals surface area contributed by atoms with Crippen molar-refractivity contribution in [2.45, 2.75) is 38.8 Å². The lowest BCUT2D eigenvalue weighted by Crippen LogP contribution is -2.60. The molecule has 0 aromatic heterocycles. The van der Waals surface area contributed by atoms with E-state index in [1.807, 2.05) is 0 Å². The van der Waals surface area contributed by atoms with E-state index < -0.39 is 0 Å². The second-order valence-electron chi connectivity index (χ2n) is 4.71. The minimum absolute atomic E-state index is 0.164. The first-order chi connectivity index (χ1) is 6.61. The molecule has 0 bridgehead atoms. The van der Waals surface area contributed by atoms with E-state index in [1.165, 1.54) is 6.42 Å². The van der Waals surface area contributed by atoms with Gasteiger partial charge in [0, 0.05) is 38.3 Å².